The molecule has 1 aliphatic rings. The van der Waals surface area contributed by atoms with E-state index in [0.29, 0.717) is 22.6 Å². The third-order valence-electron chi connectivity index (χ3n) is 7.83. The van der Waals surface area contributed by atoms with Crippen LogP contribution in [0.5, 0.6) is 0 Å². The lowest BCUT2D eigenvalue weighted by molar-refractivity contribution is -0.123. The standard InChI is InChI=1S/C35H30F2N4O2S/c1-22-9-8-14-29(23(22)2)41-35-32(33(39-41)25-10-4-3-5-11-25)34(27-12-6-7-13-28(27)37)44-21-31(43)40(35)20-30(42)38-19-24-15-17-26(36)18-16-24/h3-18,34H,19-21H2,1-2H3,(H,38,42)/t34-/m1/s1. The predicted octanol–water partition coefficient (Wildman–Crippen LogP) is 6.92. The van der Waals surface area contributed by atoms with E-state index in [4.69, 9.17) is 5.10 Å². The molecule has 44 heavy (non-hydrogen) atoms. The van der Waals surface area contributed by atoms with Crippen LogP contribution in [-0.2, 0) is 16.1 Å². The molecule has 0 saturated heterocycles. The molecule has 9 heteroatoms. The molecule has 1 aromatic heterocycles. The zero-order valence-corrected chi connectivity index (χ0v) is 25.1. The van der Waals surface area contributed by atoms with Crippen LogP contribution in [0.2, 0.25) is 0 Å². The number of benzene rings is 4. The number of aryl methyl sites for hydroxylation is 1. The van der Waals surface area contributed by atoms with Crippen LogP contribution in [0.1, 0.15) is 33.1 Å². The number of aromatic nitrogens is 2. The highest BCUT2D eigenvalue weighted by atomic mass is 32.2. The van der Waals surface area contributed by atoms with Gasteiger partial charge in [-0.1, -0.05) is 72.8 Å². The van der Waals surface area contributed by atoms with E-state index in [1.165, 1.54) is 34.9 Å². The predicted molar refractivity (Wildman–Crippen MR) is 170 cm³/mol. The molecule has 4 aromatic carbocycles. The van der Waals surface area contributed by atoms with Crippen LogP contribution < -0.4 is 10.2 Å². The monoisotopic (exact) mass is 608 g/mol. The van der Waals surface area contributed by atoms with Crippen molar-refractivity contribution in [3.05, 3.63) is 137 Å². The third-order valence-corrected chi connectivity index (χ3v) is 9.07. The van der Waals surface area contributed by atoms with Crippen molar-refractivity contribution < 1.29 is 18.4 Å². The maximum atomic E-state index is 15.4. The molecule has 0 spiro atoms. The van der Waals surface area contributed by atoms with Crippen LogP contribution in [0.25, 0.3) is 16.9 Å². The normalized spacial score (nSPS) is 14.7. The van der Waals surface area contributed by atoms with Crippen molar-refractivity contribution in [3.8, 4) is 16.9 Å². The van der Waals surface area contributed by atoms with Crippen molar-refractivity contribution in [2.75, 3.05) is 17.2 Å². The number of carbonyl (C=O) groups is 2. The Balaban J connectivity index is 1.53. The molecule has 0 saturated carbocycles. The van der Waals surface area contributed by atoms with Crippen LogP contribution in [0.4, 0.5) is 14.6 Å². The quantitative estimate of drug-likeness (QED) is 0.218. The largest absolute Gasteiger partial charge is 0.350 e. The van der Waals surface area contributed by atoms with E-state index in [1.807, 2.05) is 62.4 Å². The fourth-order valence-corrected chi connectivity index (χ4v) is 6.62. The molecule has 6 nitrogen and oxygen atoms in total. The van der Waals surface area contributed by atoms with Gasteiger partial charge in [0.2, 0.25) is 11.8 Å². The molecule has 0 aliphatic carbocycles. The van der Waals surface area contributed by atoms with Crippen LogP contribution in [0.15, 0.2) is 97.1 Å². The van der Waals surface area contributed by atoms with Gasteiger partial charge in [0.25, 0.3) is 0 Å². The Kier molecular flexibility index (Phi) is 8.30. The molecule has 0 unspecified atom stereocenters. The average Bonchev–Trinajstić information content (AvgIpc) is 3.35. The van der Waals surface area contributed by atoms with Gasteiger partial charge >= 0.3 is 0 Å². The molecule has 5 aromatic rings. The van der Waals surface area contributed by atoms with Crippen molar-refractivity contribution >= 4 is 29.4 Å². The number of rotatable bonds is 7. The van der Waals surface area contributed by atoms with Gasteiger partial charge in [-0.3, -0.25) is 14.5 Å². The maximum Gasteiger partial charge on any atom is 0.240 e. The first-order valence-electron chi connectivity index (χ1n) is 14.2. The van der Waals surface area contributed by atoms with Crippen molar-refractivity contribution in [1.29, 1.82) is 0 Å². The lowest BCUT2D eigenvalue weighted by Crippen LogP contribution is -2.42. The molecule has 1 aliphatic heterocycles. The number of nitrogens with zero attached hydrogens (tertiary/aromatic N) is 3. The number of thioether (sulfide) groups is 1. The van der Waals surface area contributed by atoms with Gasteiger partial charge in [-0.2, -0.15) is 5.10 Å². The van der Waals surface area contributed by atoms with E-state index in [1.54, 1.807) is 35.0 Å². The topological polar surface area (TPSA) is 67.2 Å². The summed E-state index contributed by atoms with van der Waals surface area (Å²) in [7, 11) is 0. The highest BCUT2D eigenvalue weighted by molar-refractivity contribution is 8.00. The molecular formula is C35H30F2N4O2S. The first kappa shape index (κ1) is 29.3. The highest BCUT2D eigenvalue weighted by Gasteiger charge is 2.38. The summed E-state index contributed by atoms with van der Waals surface area (Å²) in [4.78, 5) is 28.8. The molecule has 0 radical (unpaired) electrons. The Morgan fingerprint density at radius 1 is 0.932 bits per heavy atom. The number of nitrogens with one attached hydrogen (secondary N) is 1. The number of carbonyl (C=O) groups excluding carboxylic acids is 2. The number of amides is 2. The molecule has 2 amide bonds. The smallest absolute Gasteiger partial charge is 0.240 e. The summed E-state index contributed by atoms with van der Waals surface area (Å²) >= 11 is 1.32. The molecule has 222 valence electrons. The Bertz CT molecular complexity index is 1840. The SMILES string of the molecule is Cc1cccc(-n2nc(-c3ccccc3)c3c2N(CC(=O)NCc2ccc(F)cc2)C(=O)CS[C@@H]3c2ccccc2F)c1C. The van der Waals surface area contributed by atoms with Crippen molar-refractivity contribution in [2.45, 2.75) is 25.6 Å². The van der Waals surface area contributed by atoms with Gasteiger partial charge < -0.3 is 5.32 Å². The molecule has 0 fully saturated rings. The minimum absolute atomic E-state index is 0.0277. The number of hydrogen-bond donors (Lipinski definition) is 1. The molecule has 6 rings (SSSR count). The fourth-order valence-electron chi connectivity index (χ4n) is 5.40. The third kappa shape index (κ3) is 5.75. The Morgan fingerprint density at radius 2 is 1.66 bits per heavy atom. The maximum absolute atomic E-state index is 15.4. The second-order valence-electron chi connectivity index (χ2n) is 10.7. The number of fused-ring (bicyclic) bond motifs is 1. The van der Waals surface area contributed by atoms with Gasteiger partial charge in [0, 0.05) is 23.2 Å². The van der Waals surface area contributed by atoms with Crippen molar-refractivity contribution in [1.82, 2.24) is 15.1 Å². The van der Waals surface area contributed by atoms with Gasteiger partial charge in [0.05, 0.1) is 22.4 Å². The number of anilines is 1. The highest BCUT2D eigenvalue weighted by Crippen LogP contribution is 2.49. The summed E-state index contributed by atoms with van der Waals surface area (Å²) in [6.45, 7) is 3.89. The van der Waals surface area contributed by atoms with Crippen molar-refractivity contribution in [2.24, 2.45) is 0 Å². The lowest BCUT2D eigenvalue weighted by Gasteiger charge is -2.24. The van der Waals surface area contributed by atoms with E-state index in [0.717, 1.165) is 27.9 Å². The van der Waals surface area contributed by atoms with Crippen LogP contribution in [0.3, 0.4) is 0 Å². The van der Waals surface area contributed by atoms with E-state index in [-0.39, 0.29) is 36.4 Å². The van der Waals surface area contributed by atoms with Crippen LogP contribution in [-0.4, -0.2) is 33.9 Å². The Labute approximate surface area is 258 Å². The second-order valence-corrected chi connectivity index (χ2v) is 11.8. The summed E-state index contributed by atoms with van der Waals surface area (Å²) in [5.74, 6) is -0.972. The number of hydrogen-bond acceptors (Lipinski definition) is 4. The van der Waals surface area contributed by atoms with E-state index in [2.05, 4.69) is 5.32 Å². The fraction of sp³-hybridized carbons (Fsp3) is 0.171. The molecular weight excluding hydrogens is 578 g/mol. The minimum atomic E-state index is -0.573. The van der Waals surface area contributed by atoms with Gasteiger partial charge in [0.15, 0.2) is 0 Å². The van der Waals surface area contributed by atoms with E-state index >= 15 is 4.39 Å². The summed E-state index contributed by atoms with van der Waals surface area (Å²) in [5, 5.41) is 7.38. The summed E-state index contributed by atoms with van der Waals surface area (Å²) in [5.41, 5.74) is 5.99. The van der Waals surface area contributed by atoms with Gasteiger partial charge in [-0.05, 0) is 54.8 Å². The van der Waals surface area contributed by atoms with Gasteiger partial charge in [-0.25, -0.2) is 13.5 Å². The average molecular weight is 609 g/mol. The molecule has 1 N–H and O–H groups in total. The second kappa shape index (κ2) is 12.5. The van der Waals surface area contributed by atoms with Crippen molar-refractivity contribution in [3.63, 3.8) is 0 Å². The summed E-state index contributed by atoms with van der Waals surface area (Å²) < 4.78 is 30.6. The first-order valence-corrected chi connectivity index (χ1v) is 15.3. The molecule has 0 bridgehead atoms. The van der Waals surface area contributed by atoms with E-state index in [9.17, 15) is 14.0 Å². The molecule has 1 atom stereocenters. The zero-order valence-electron chi connectivity index (χ0n) is 24.3. The van der Waals surface area contributed by atoms with Crippen LogP contribution >= 0.6 is 11.8 Å². The lowest BCUT2D eigenvalue weighted by atomic mass is 9.99. The van der Waals surface area contributed by atoms with Gasteiger partial charge in [-0.15, -0.1) is 11.8 Å². The summed E-state index contributed by atoms with van der Waals surface area (Å²) in [6, 6.07) is 27.9. The van der Waals surface area contributed by atoms with E-state index < -0.39 is 11.2 Å². The summed E-state index contributed by atoms with van der Waals surface area (Å²) in [6.07, 6.45) is 0. The zero-order chi connectivity index (χ0) is 30.8. The van der Waals surface area contributed by atoms with Crippen LogP contribution in [0, 0.1) is 25.5 Å². The first-order chi connectivity index (χ1) is 21.3. The Morgan fingerprint density at radius 3 is 2.41 bits per heavy atom. The minimum Gasteiger partial charge on any atom is -0.350 e. The van der Waals surface area contributed by atoms with Gasteiger partial charge in [0.1, 0.15) is 24.0 Å². The number of halogens is 2. The molecule has 2 heterocycles. The Hall–Kier alpha value is -4.76.